The zero-order valence-electron chi connectivity index (χ0n) is 9.68. The van der Waals surface area contributed by atoms with Gasteiger partial charge >= 0.3 is 0 Å². The first-order valence-electron chi connectivity index (χ1n) is 5.86. The number of aromatic nitrogens is 3. The Bertz CT molecular complexity index is 556. The molecule has 5 nitrogen and oxygen atoms in total. The van der Waals surface area contributed by atoms with E-state index in [1.807, 2.05) is 24.0 Å². The standard InChI is InChI=1S/C12H14N4O/c1-2-10(17)16-6-8(7-16)11-9-4-3-5-13-12(9)15-14-11/h3-5,8H,2,6-7H2,1H3,(H,13,14,15). The van der Waals surface area contributed by atoms with E-state index in [2.05, 4.69) is 15.2 Å². The lowest BCUT2D eigenvalue weighted by atomic mass is 9.94. The monoisotopic (exact) mass is 230 g/mol. The Kier molecular flexibility index (Phi) is 2.31. The number of likely N-dealkylation sites (tertiary alicyclic amines) is 1. The van der Waals surface area contributed by atoms with Crippen LogP contribution in [0.25, 0.3) is 11.0 Å². The molecule has 88 valence electrons. The fraction of sp³-hybridized carbons (Fsp3) is 0.417. The minimum absolute atomic E-state index is 0.225. The number of amides is 1. The molecule has 1 fully saturated rings. The van der Waals surface area contributed by atoms with E-state index in [4.69, 9.17) is 0 Å². The van der Waals surface area contributed by atoms with Gasteiger partial charge in [0.05, 0.1) is 5.69 Å². The van der Waals surface area contributed by atoms with Crippen molar-refractivity contribution in [1.82, 2.24) is 20.1 Å². The molecule has 0 aromatic carbocycles. The largest absolute Gasteiger partial charge is 0.341 e. The first-order chi connectivity index (χ1) is 8.29. The number of hydrogen-bond acceptors (Lipinski definition) is 3. The van der Waals surface area contributed by atoms with Gasteiger partial charge in [-0.1, -0.05) is 6.92 Å². The summed E-state index contributed by atoms with van der Waals surface area (Å²) in [5.41, 5.74) is 1.86. The number of nitrogens with one attached hydrogen (secondary N) is 1. The van der Waals surface area contributed by atoms with Crippen LogP contribution in [-0.4, -0.2) is 39.1 Å². The third kappa shape index (κ3) is 1.58. The number of nitrogens with zero attached hydrogens (tertiary/aromatic N) is 3. The number of carbonyl (C=O) groups excluding carboxylic acids is 1. The average molecular weight is 230 g/mol. The van der Waals surface area contributed by atoms with Gasteiger partial charge in [0.2, 0.25) is 5.91 Å². The second-order valence-electron chi connectivity index (χ2n) is 4.36. The third-order valence-corrected chi connectivity index (χ3v) is 3.30. The normalized spacial score (nSPS) is 16.2. The average Bonchev–Trinajstić information content (AvgIpc) is 2.71. The van der Waals surface area contributed by atoms with E-state index in [0.717, 1.165) is 29.8 Å². The van der Waals surface area contributed by atoms with Crippen molar-refractivity contribution in [2.45, 2.75) is 19.3 Å². The highest BCUT2D eigenvalue weighted by Crippen LogP contribution is 2.30. The highest BCUT2D eigenvalue weighted by atomic mass is 16.2. The van der Waals surface area contributed by atoms with Crippen LogP contribution in [0.3, 0.4) is 0 Å². The maximum absolute atomic E-state index is 11.5. The van der Waals surface area contributed by atoms with Crippen LogP contribution >= 0.6 is 0 Å². The molecule has 5 heteroatoms. The Morgan fingerprint density at radius 2 is 2.41 bits per heavy atom. The smallest absolute Gasteiger partial charge is 0.222 e. The predicted octanol–water partition coefficient (Wildman–Crippen LogP) is 1.29. The van der Waals surface area contributed by atoms with Gasteiger partial charge in [0.25, 0.3) is 0 Å². The molecular formula is C12H14N4O. The van der Waals surface area contributed by atoms with Crippen molar-refractivity contribution in [3.63, 3.8) is 0 Å². The summed E-state index contributed by atoms with van der Waals surface area (Å²) in [6.07, 6.45) is 2.32. The topological polar surface area (TPSA) is 61.9 Å². The molecule has 3 rings (SSSR count). The zero-order chi connectivity index (χ0) is 11.8. The number of fused-ring (bicyclic) bond motifs is 1. The van der Waals surface area contributed by atoms with Crippen LogP contribution in [0.4, 0.5) is 0 Å². The summed E-state index contributed by atoms with van der Waals surface area (Å²) in [7, 11) is 0. The van der Waals surface area contributed by atoms with Crippen molar-refractivity contribution < 1.29 is 4.79 Å². The second kappa shape index (κ2) is 3.84. The first kappa shape index (κ1) is 10.3. The van der Waals surface area contributed by atoms with Gasteiger partial charge < -0.3 is 4.90 Å². The van der Waals surface area contributed by atoms with Gasteiger partial charge in [-0.25, -0.2) is 4.98 Å². The summed E-state index contributed by atoms with van der Waals surface area (Å²) in [6.45, 7) is 3.48. The molecule has 0 saturated carbocycles. The van der Waals surface area contributed by atoms with E-state index >= 15 is 0 Å². The quantitative estimate of drug-likeness (QED) is 0.845. The van der Waals surface area contributed by atoms with Crippen molar-refractivity contribution in [3.05, 3.63) is 24.0 Å². The second-order valence-corrected chi connectivity index (χ2v) is 4.36. The van der Waals surface area contributed by atoms with Gasteiger partial charge in [0.1, 0.15) is 0 Å². The molecule has 1 aliphatic rings. The van der Waals surface area contributed by atoms with E-state index in [1.165, 1.54) is 0 Å². The molecule has 1 saturated heterocycles. The Hall–Kier alpha value is -1.91. The first-order valence-corrected chi connectivity index (χ1v) is 5.86. The van der Waals surface area contributed by atoms with Crippen molar-refractivity contribution in [2.75, 3.05) is 13.1 Å². The maximum atomic E-state index is 11.5. The van der Waals surface area contributed by atoms with Crippen LogP contribution in [0.5, 0.6) is 0 Å². The minimum atomic E-state index is 0.225. The Morgan fingerprint density at radius 1 is 1.59 bits per heavy atom. The van der Waals surface area contributed by atoms with E-state index in [-0.39, 0.29) is 5.91 Å². The van der Waals surface area contributed by atoms with E-state index in [0.29, 0.717) is 12.3 Å². The Balaban J connectivity index is 1.81. The number of H-pyrrole nitrogens is 1. The molecule has 0 radical (unpaired) electrons. The van der Waals surface area contributed by atoms with Crippen LogP contribution in [0.2, 0.25) is 0 Å². The van der Waals surface area contributed by atoms with Crippen LogP contribution in [-0.2, 0) is 4.79 Å². The van der Waals surface area contributed by atoms with Crippen molar-refractivity contribution in [2.24, 2.45) is 0 Å². The summed E-state index contributed by atoms with van der Waals surface area (Å²) in [6, 6.07) is 3.93. The molecule has 0 spiro atoms. The molecule has 3 heterocycles. The van der Waals surface area contributed by atoms with Crippen molar-refractivity contribution in [3.8, 4) is 0 Å². The molecule has 1 aliphatic heterocycles. The van der Waals surface area contributed by atoms with Gasteiger partial charge in [0, 0.05) is 37.0 Å². The fourth-order valence-electron chi connectivity index (χ4n) is 2.27. The van der Waals surface area contributed by atoms with Crippen LogP contribution in [0, 0.1) is 0 Å². The lowest BCUT2D eigenvalue weighted by Gasteiger charge is -2.38. The maximum Gasteiger partial charge on any atom is 0.222 e. The molecular weight excluding hydrogens is 216 g/mol. The molecule has 0 atom stereocenters. The van der Waals surface area contributed by atoms with E-state index < -0.39 is 0 Å². The highest BCUT2D eigenvalue weighted by Gasteiger charge is 2.32. The molecule has 1 N–H and O–H groups in total. The van der Waals surface area contributed by atoms with Gasteiger partial charge in [-0.15, -0.1) is 0 Å². The summed E-state index contributed by atoms with van der Waals surface area (Å²) in [4.78, 5) is 17.5. The van der Waals surface area contributed by atoms with Gasteiger partial charge in [0.15, 0.2) is 5.65 Å². The third-order valence-electron chi connectivity index (χ3n) is 3.30. The summed E-state index contributed by atoms with van der Waals surface area (Å²) in [5, 5.41) is 8.29. The van der Waals surface area contributed by atoms with E-state index in [1.54, 1.807) is 6.20 Å². The Morgan fingerprint density at radius 3 is 3.18 bits per heavy atom. The molecule has 2 aromatic rings. The van der Waals surface area contributed by atoms with Gasteiger partial charge in [-0.3, -0.25) is 9.89 Å². The highest BCUT2D eigenvalue weighted by molar-refractivity contribution is 5.80. The number of carbonyl (C=O) groups is 1. The SMILES string of the molecule is CCC(=O)N1CC(c2[nH]nc3ncccc23)C1. The lowest BCUT2D eigenvalue weighted by molar-refractivity contribution is -0.135. The fourth-order valence-corrected chi connectivity index (χ4v) is 2.27. The molecule has 0 unspecified atom stereocenters. The van der Waals surface area contributed by atoms with Crippen molar-refractivity contribution in [1.29, 1.82) is 0 Å². The number of pyridine rings is 1. The molecule has 17 heavy (non-hydrogen) atoms. The molecule has 1 amide bonds. The minimum Gasteiger partial charge on any atom is -0.341 e. The summed E-state index contributed by atoms with van der Waals surface area (Å²) in [5.74, 6) is 0.600. The van der Waals surface area contributed by atoms with Crippen LogP contribution < -0.4 is 0 Å². The predicted molar refractivity (Wildman–Crippen MR) is 63.5 cm³/mol. The number of rotatable bonds is 2. The lowest BCUT2D eigenvalue weighted by Crippen LogP contribution is -2.48. The summed E-state index contributed by atoms with van der Waals surface area (Å²) >= 11 is 0. The summed E-state index contributed by atoms with van der Waals surface area (Å²) < 4.78 is 0. The van der Waals surface area contributed by atoms with Crippen LogP contribution in [0.15, 0.2) is 18.3 Å². The number of aromatic amines is 1. The molecule has 0 bridgehead atoms. The molecule has 0 aliphatic carbocycles. The van der Waals surface area contributed by atoms with Gasteiger partial charge in [-0.2, -0.15) is 5.10 Å². The Labute approximate surface area is 98.8 Å². The van der Waals surface area contributed by atoms with Gasteiger partial charge in [-0.05, 0) is 12.1 Å². The van der Waals surface area contributed by atoms with Crippen molar-refractivity contribution >= 4 is 16.9 Å². The zero-order valence-corrected chi connectivity index (χ0v) is 9.68. The van der Waals surface area contributed by atoms with E-state index in [9.17, 15) is 4.79 Å². The van der Waals surface area contributed by atoms with Crippen LogP contribution in [0.1, 0.15) is 25.0 Å². The number of hydrogen-bond donors (Lipinski definition) is 1. The molecule has 2 aromatic heterocycles.